The molecule has 0 saturated carbocycles. The molecular weight excluding hydrogens is 274 g/mol. The van der Waals surface area contributed by atoms with Crippen molar-refractivity contribution in [1.29, 1.82) is 0 Å². The molecular formula is C8H7BrF2N2O2. The van der Waals surface area contributed by atoms with Crippen LogP contribution in [0.15, 0.2) is 6.07 Å². The van der Waals surface area contributed by atoms with Crippen molar-refractivity contribution < 1.29 is 13.7 Å². The van der Waals surface area contributed by atoms with E-state index in [1.54, 1.807) is 0 Å². The minimum Gasteiger partial charge on any atom is -0.358 e. The Morgan fingerprint density at radius 3 is 2.67 bits per heavy atom. The molecule has 15 heavy (non-hydrogen) atoms. The third-order valence-corrected chi connectivity index (χ3v) is 2.45. The van der Waals surface area contributed by atoms with Crippen molar-refractivity contribution in [3.05, 3.63) is 33.0 Å². The fourth-order valence-corrected chi connectivity index (χ4v) is 1.88. The topological polar surface area (TPSA) is 56.0 Å². The molecule has 0 fully saturated rings. The maximum atomic E-state index is 12.5. The van der Waals surface area contributed by atoms with Gasteiger partial charge in [0.1, 0.15) is 0 Å². The lowest BCUT2D eigenvalue weighted by atomic mass is 10.1. The zero-order chi connectivity index (χ0) is 11.6. The molecule has 7 heteroatoms. The van der Waals surface area contributed by atoms with Crippen LogP contribution in [-0.4, -0.2) is 9.91 Å². The van der Waals surface area contributed by atoms with Crippen molar-refractivity contribution in [2.45, 2.75) is 18.7 Å². The van der Waals surface area contributed by atoms with Gasteiger partial charge < -0.3 is 10.1 Å². The van der Waals surface area contributed by atoms with Gasteiger partial charge in [0, 0.05) is 17.0 Å². The molecule has 0 aromatic carbocycles. The van der Waals surface area contributed by atoms with Gasteiger partial charge in [0.25, 0.3) is 0 Å². The molecule has 0 aliphatic rings. The van der Waals surface area contributed by atoms with Crippen LogP contribution in [0, 0.1) is 17.0 Å². The first-order chi connectivity index (χ1) is 6.97. The van der Waals surface area contributed by atoms with E-state index >= 15 is 0 Å². The molecule has 0 atom stereocenters. The third kappa shape index (κ3) is 2.47. The Bertz CT molecular complexity index is 398. The maximum Gasteiger partial charge on any atom is 0.364 e. The Morgan fingerprint density at radius 1 is 1.67 bits per heavy atom. The lowest BCUT2D eigenvalue weighted by Gasteiger charge is -2.05. The molecule has 1 aromatic heterocycles. The lowest BCUT2D eigenvalue weighted by molar-refractivity contribution is -0.389. The molecule has 0 radical (unpaired) electrons. The van der Waals surface area contributed by atoms with Crippen molar-refractivity contribution in [3.63, 3.8) is 0 Å². The molecule has 4 nitrogen and oxygen atoms in total. The fourth-order valence-electron chi connectivity index (χ4n) is 1.15. The molecule has 82 valence electrons. The lowest BCUT2D eigenvalue weighted by Crippen LogP contribution is -2.03. The number of aromatic nitrogens is 1. The molecule has 0 aliphatic heterocycles. The van der Waals surface area contributed by atoms with Gasteiger partial charge in [-0.25, -0.2) is 8.78 Å². The van der Waals surface area contributed by atoms with Gasteiger partial charge in [-0.2, -0.15) is 0 Å². The third-order valence-electron chi connectivity index (χ3n) is 1.89. The largest absolute Gasteiger partial charge is 0.364 e. The number of halogens is 3. The Hall–Kier alpha value is -1.11. The molecule has 0 amide bonds. The average molecular weight is 281 g/mol. The van der Waals surface area contributed by atoms with Crippen LogP contribution in [0.25, 0.3) is 0 Å². The summed E-state index contributed by atoms with van der Waals surface area (Å²) in [6.45, 7) is 1.54. The van der Waals surface area contributed by atoms with E-state index in [0.717, 1.165) is 0 Å². The van der Waals surface area contributed by atoms with Crippen molar-refractivity contribution in [3.8, 4) is 0 Å². The van der Waals surface area contributed by atoms with E-state index in [9.17, 15) is 18.9 Å². The first kappa shape index (κ1) is 12.0. The van der Waals surface area contributed by atoms with Crippen LogP contribution in [0.5, 0.6) is 0 Å². The van der Waals surface area contributed by atoms with Crippen molar-refractivity contribution in [2.24, 2.45) is 0 Å². The summed E-state index contributed by atoms with van der Waals surface area (Å²) in [4.78, 5) is 13.0. The first-order valence-electron chi connectivity index (χ1n) is 3.96. The fraction of sp³-hybridized carbons (Fsp3) is 0.375. The van der Waals surface area contributed by atoms with E-state index in [4.69, 9.17) is 0 Å². The summed E-state index contributed by atoms with van der Waals surface area (Å²) in [5.74, 6) is -0.549. The van der Waals surface area contributed by atoms with E-state index in [0.29, 0.717) is 11.1 Å². The molecule has 0 aliphatic carbocycles. The number of rotatable bonds is 3. The minimum absolute atomic E-state index is 0.198. The second kappa shape index (κ2) is 4.61. The van der Waals surface area contributed by atoms with Crippen LogP contribution in [0.3, 0.4) is 0 Å². The van der Waals surface area contributed by atoms with E-state index in [-0.39, 0.29) is 5.33 Å². The summed E-state index contributed by atoms with van der Waals surface area (Å²) >= 11 is 3.05. The zero-order valence-electron chi connectivity index (χ0n) is 7.71. The van der Waals surface area contributed by atoms with Crippen molar-refractivity contribution >= 4 is 21.7 Å². The standard InChI is InChI=1S/C8H7BrF2N2O2/c1-4-2-6(13(14)15)12-7(8(10)11)5(4)3-9/h2,8H,3H2,1H3. The zero-order valence-corrected chi connectivity index (χ0v) is 9.29. The number of aryl methyl sites for hydroxylation is 1. The maximum absolute atomic E-state index is 12.5. The van der Waals surface area contributed by atoms with Crippen LogP contribution < -0.4 is 0 Å². The highest BCUT2D eigenvalue weighted by atomic mass is 79.9. The minimum atomic E-state index is -2.81. The van der Waals surface area contributed by atoms with Crippen molar-refractivity contribution in [2.75, 3.05) is 0 Å². The summed E-state index contributed by atoms with van der Waals surface area (Å²) in [5.41, 5.74) is 0.207. The predicted molar refractivity (Wildman–Crippen MR) is 53.2 cm³/mol. The molecule has 0 saturated heterocycles. The summed E-state index contributed by atoms with van der Waals surface area (Å²) in [5, 5.41) is 10.6. The second-order valence-corrected chi connectivity index (χ2v) is 3.41. The van der Waals surface area contributed by atoms with E-state index in [2.05, 4.69) is 20.9 Å². The number of hydrogen-bond donors (Lipinski definition) is 0. The molecule has 0 bridgehead atoms. The van der Waals surface area contributed by atoms with Crippen LogP contribution in [0.4, 0.5) is 14.6 Å². The van der Waals surface area contributed by atoms with Gasteiger partial charge in [-0.15, -0.1) is 0 Å². The van der Waals surface area contributed by atoms with Crippen LogP contribution in [-0.2, 0) is 5.33 Å². The van der Waals surface area contributed by atoms with Gasteiger partial charge in [0.15, 0.2) is 0 Å². The Morgan fingerprint density at radius 2 is 2.27 bits per heavy atom. The van der Waals surface area contributed by atoms with E-state index in [1.165, 1.54) is 13.0 Å². The number of hydrogen-bond acceptors (Lipinski definition) is 3. The molecule has 1 aromatic rings. The number of pyridine rings is 1. The molecule has 0 spiro atoms. The summed E-state index contributed by atoms with van der Waals surface area (Å²) in [6, 6.07) is 1.18. The summed E-state index contributed by atoms with van der Waals surface area (Å²) < 4.78 is 25.1. The van der Waals surface area contributed by atoms with Crippen LogP contribution in [0.1, 0.15) is 23.2 Å². The summed E-state index contributed by atoms with van der Waals surface area (Å²) in [6.07, 6.45) is -2.81. The number of nitrogens with zero attached hydrogens (tertiary/aromatic N) is 2. The molecule has 0 N–H and O–H groups in total. The highest BCUT2D eigenvalue weighted by Crippen LogP contribution is 2.28. The van der Waals surface area contributed by atoms with E-state index < -0.39 is 22.9 Å². The van der Waals surface area contributed by atoms with E-state index in [1.807, 2.05) is 0 Å². The van der Waals surface area contributed by atoms with Crippen LogP contribution in [0.2, 0.25) is 0 Å². The Labute approximate surface area is 92.6 Å². The van der Waals surface area contributed by atoms with Gasteiger partial charge in [-0.3, -0.25) is 0 Å². The van der Waals surface area contributed by atoms with Crippen molar-refractivity contribution in [1.82, 2.24) is 4.98 Å². The highest BCUT2D eigenvalue weighted by molar-refractivity contribution is 9.08. The number of alkyl halides is 3. The molecule has 1 rings (SSSR count). The second-order valence-electron chi connectivity index (χ2n) is 2.85. The predicted octanol–water partition coefficient (Wildman–Crippen LogP) is 3.13. The smallest absolute Gasteiger partial charge is 0.358 e. The summed E-state index contributed by atoms with van der Waals surface area (Å²) in [7, 11) is 0. The number of nitro groups is 1. The van der Waals surface area contributed by atoms with Gasteiger partial charge in [-0.05, 0) is 22.4 Å². The van der Waals surface area contributed by atoms with Gasteiger partial charge in [-0.1, -0.05) is 15.9 Å². The SMILES string of the molecule is Cc1cc([N+](=O)[O-])nc(C(F)F)c1CBr. The quantitative estimate of drug-likeness (QED) is 0.486. The Balaban J connectivity index is 3.38. The monoisotopic (exact) mass is 280 g/mol. The molecule has 0 unspecified atom stereocenters. The highest BCUT2D eigenvalue weighted by Gasteiger charge is 2.24. The van der Waals surface area contributed by atoms with Gasteiger partial charge in [0.2, 0.25) is 5.69 Å². The Kier molecular flexibility index (Phi) is 3.67. The molecule has 1 heterocycles. The van der Waals surface area contributed by atoms with Crippen LogP contribution >= 0.6 is 15.9 Å². The normalized spacial score (nSPS) is 10.7. The average Bonchev–Trinajstić information content (AvgIpc) is 2.16. The first-order valence-corrected chi connectivity index (χ1v) is 5.08. The van der Waals surface area contributed by atoms with Gasteiger partial charge in [0.05, 0.1) is 0 Å². The van der Waals surface area contributed by atoms with Gasteiger partial charge >= 0.3 is 12.2 Å².